The van der Waals surface area contributed by atoms with Crippen LogP contribution in [0.3, 0.4) is 0 Å². The molecule has 2 nitrogen and oxygen atoms in total. The van der Waals surface area contributed by atoms with Crippen molar-refractivity contribution in [2.45, 2.75) is 34.1 Å². The van der Waals surface area contributed by atoms with Gasteiger partial charge < -0.3 is 10.2 Å². The molecule has 0 aliphatic carbocycles. The Morgan fingerprint density at radius 3 is 2.53 bits per heavy atom. The summed E-state index contributed by atoms with van der Waals surface area (Å²) in [5, 5.41) is 3.46. The summed E-state index contributed by atoms with van der Waals surface area (Å²) < 4.78 is 13.2. The summed E-state index contributed by atoms with van der Waals surface area (Å²) in [5.74, 6) is -0.170. The predicted octanol–water partition coefficient (Wildman–Crippen LogP) is 3.68. The van der Waals surface area contributed by atoms with Gasteiger partial charge in [-0.3, -0.25) is 0 Å². The lowest BCUT2D eigenvalue weighted by Gasteiger charge is -2.24. The van der Waals surface area contributed by atoms with Gasteiger partial charge >= 0.3 is 0 Å². The Morgan fingerprint density at radius 2 is 1.95 bits per heavy atom. The molecule has 0 aromatic heterocycles. The minimum Gasteiger partial charge on any atom is -0.370 e. The van der Waals surface area contributed by atoms with Crippen LogP contribution in [0.25, 0.3) is 0 Å². The van der Waals surface area contributed by atoms with Crippen LogP contribution in [0.4, 0.5) is 10.1 Å². The predicted molar refractivity (Wildman–Crippen MR) is 81.2 cm³/mol. The smallest absolute Gasteiger partial charge is 0.125 e. The summed E-state index contributed by atoms with van der Waals surface area (Å²) in [6, 6.07) is 6.81. The molecule has 0 saturated carbocycles. The van der Waals surface area contributed by atoms with E-state index in [9.17, 15) is 4.39 Å². The molecule has 0 heterocycles. The van der Waals surface area contributed by atoms with E-state index in [1.54, 1.807) is 12.1 Å². The van der Waals surface area contributed by atoms with Gasteiger partial charge in [0, 0.05) is 25.3 Å². The third-order valence-corrected chi connectivity index (χ3v) is 3.17. The molecule has 0 amide bonds. The number of anilines is 1. The maximum atomic E-state index is 13.2. The lowest BCUT2D eigenvalue weighted by molar-refractivity contribution is 0.368. The van der Waals surface area contributed by atoms with E-state index < -0.39 is 0 Å². The number of hydrogen-bond acceptors (Lipinski definition) is 2. The quantitative estimate of drug-likeness (QED) is 0.757. The Hall–Kier alpha value is -1.09. The summed E-state index contributed by atoms with van der Waals surface area (Å²) in [5.41, 5.74) is 1.33. The first-order valence-corrected chi connectivity index (χ1v) is 7.13. The number of halogens is 1. The van der Waals surface area contributed by atoms with Crippen molar-refractivity contribution in [1.82, 2.24) is 5.32 Å². The number of rotatable bonds is 7. The molecule has 0 unspecified atom stereocenters. The molecule has 108 valence electrons. The van der Waals surface area contributed by atoms with Crippen LogP contribution >= 0.6 is 0 Å². The molecule has 0 bridgehead atoms. The van der Waals surface area contributed by atoms with E-state index in [4.69, 9.17) is 0 Å². The Balaban J connectivity index is 2.34. The average molecular weight is 266 g/mol. The second-order valence-corrected chi connectivity index (χ2v) is 6.12. The maximum Gasteiger partial charge on any atom is 0.125 e. The first kappa shape index (κ1) is 16.0. The molecule has 19 heavy (non-hydrogen) atoms. The molecule has 1 aromatic carbocycles. The van der Waals surface area contributed by atoms with E-state index in [0.29, 0.717) is 5.41 Å². The Kier molecular flexibility index (Phi) is 6.29. The van der Waals surface area contributed by atoms with E-state index in [2.05, 4.69) is 37.9 Å². The van der Waals surface area contributed by atoms with E-state index in [1.807, 2.05) is 6.07 Å². The third kappa shape index (κ3) is 6.58. The highest BCUT2D eigenvalue weighted by molar-refractivity contribution is 5.46. The number of hydrogen-bond donors (Lipinski definition) is 1. The second-order valence-electron chi connectivity index (χ2n) is 6.12. The van der Waals surface area contributed by atoms with Crippen LogP contribution in [0.1, 0.15) is 34.1 Å². The highest BCUT2D eigenvalue weighted by Crippen LogP contribution is 2.17. The molecule has 0 aliphatic rings. The fraction of sp³-hybridized carbons (Fsp3) is 0.625. The molecular formula is C16H27FN2. The first-order valence-electron chi connectivity index (χ1n) is 7.13. The van der Waals surface area contributed by atoms with Crippen LogP contribution < -0.4 is 10.2 Å². The van der Waals surface area contributed by atoms with Crippen molar-refractivity contribution >= 4 is 5.69 Å². The van der Waals surface area contributed by atoms with E-state index in [-0.39, 0.29) is 5.82 Å². The van der Waals surface area contributed by atoms with Crippen molar-refractivity contribution in [1.29, 1.82) is 0 Å². The van der Waals surface area contributed by atoms with Crippen LogP contribution in [0, 0.1) is 11.2 Å². The van der Waals surface area contributed by atoms with Gasteiger partial charge in [0.05, 0.1) is 0 Å². The van der Waals surface area contributed by atoms with E-state index in [0.717, 1.165) is 31.9 Å². The maximum absolute atomic E-state index is 13.2. The molecule has 1 aromatic rings. The molecule has 0 aliphatic heterocycles. The summed E-state index contributed by atoms with van der Waals surface area (Å²) in [6.45, 7) is 12.6. The van der Waals surface area contributed by atoms with Gasteiger partial charge in [0.2, 0.25) is 0 Å². The van der Waals surface area contributed by atoms with Crippen LogP contribution in [-0.4, -0.2) is 26.2 Å². The third-order valence-electron chi connectivity index (χ3n) is 3.17. The fourth-order valence-electron chi connectivity index (χ4n) is 1.95. The molecule has 0 radical (unpaired) electrons. The van der Waals surface area contributed by atoms with Gasteiger partial charge in [0.25, 0.3) is 0 Å². The number of nitrogens with zero attached hydrogens (tertiary/aromatic N) is 1. The normalized spacial score (nSPS) is 11.6. The van der Waals surface area contributed by atoms with Crippen LogP contribution in [0.15, 0.2) is 24.3 Å². The highest BCUT2D eigenvalue weighted by Gasteiger charge is 2.09. The zero-order valence-electron chi connectivity index (χ0n) is 12.7. The molecule has 0 spiro atoms. The minimum absolute atomic E-state index is 0.170. The summed E-state index contributed by atoms with van der Waals surface area (Å²) in [7, 11) is 0. The van der Waals surface area contributed by atoms with Gasteiger partial charge in [-0.05, 0) is 43.5 Å². The zero-order valence-corrected chi connectivity index (χ0v) is 12.7. The summed E-state index contributed by atoms with van der Waals surface area (Å²) in [6.07, 6.45) is 1.17. The summed E-state index contributed by atoms with van der Waals surface area (Å²) in [4.78, 5) is 2.19. The number of benzene rings is 1. The second kappa shape index (κ2) is 7.49. The number of nitrogens with one attached hydrogen (secondary N) is 1. The SMILES string of the molecule is CCN(CCNCCC(C)(C)C)c1cccc(F)c1. The topological polar surface area (TPSA) is 15.3 Å². The van der Waals surface area contributed by atoms with Gasteiger partial charge in [-0.1, -0.05) is 26.8 Å². The van der Waals surface area contributed by atoms with Crippen molar-refractivity contribution in [3.8, 4) is 0 Å². The standard InChI is InChI=1S/C16H27FN2/c1-5-19(15-8-6-7-14(17)13-15)12-11-18-10-9-16(2,3)4/h6-8,13,18H,5,9-12H2,1-4H3. The van der Waals surface area contributed by atoms with Crippen molar-refractivity contribution < 1.29 is 4.39 Å². The molecule has 1 N–H and O–H groups in total. The van der Waals surface area contributed by atoms with Gasteiger partial charge in [0.1, 0.15) is 5.82 Å². The Morgan fingerprint density at radius 1 is 1.21 bits per heavy atom. The lowest BCUT2D eigenvalue weighted by atomic mass is 9.92. The minimum atomic E-state index is -0.170. The van der Waals surface area contributed by atoms with E-state index in [1.165, 1.54) is 12.5 Å². The highest BCUT2D eigenvalue weighted by atomic mass is 19.1. The monoisotopic (exact) mass is 266 g/mol. The molecule has 1 rings (SSSR count). The molecule has 0 saturated heterocycles. The van der Waals surface area contributed by atoms with Crippen molar-refractivity contribution in [2.75, 3.05) is 31.1 Å². The fourth-order valence-corrected chi connectivity index (χ4v) is 1.95. The Bertz CT molecular complexity index is 371. The van der Waals surface area contributed by atoms with Crippen molar-refractivity contribution in [3.05, 3.63) is 30.1 Å². The first-order chi connectivity index (χ1) is 8.92. The van der Waals surface area contributed by atoms with Crippen LogP contribution in [0.5, 0.6) is 0 Å². The van der Waals surface area contributed by atoms with Gasteiger partial charge in [-0.15, -0.1) is 0 Å². The number of likely N-dealkylation sites (N-methyl/N-ethyl adjacent to an activating group) is 1. The largest absolute Gasteiger partial charge is 0.370 e. The molecular weight excluding hydrogens is 239 g/mol. The zero-order chi connectivity index (χ0) is 14.3. The van der Waals surface area contributed by atoms with Crippen molar-refractivity contribution in [3.63, 3.8) is 0 Å². The summed E-state index contributed by atoms with van der Waals surface area (Å²) >= 11 is 0. The molecule has 0 fully saturated rings. The van der Waals surface area contributed by atoms with Gasteiger partial charge in [-0.25, -0.2) is 4.39 Å². The Labute approximate surface area is 117 Å². The van der Waals surface area contributed by atoms with Crippen molar-refractivity contribution in [2.24, 2.45) is 5.41 Å². The lowest BCUT2D eigenvalue weighted by Crippen LogP contribution is -2.33. The van der Waals surface area contributed by atoms with E-state index >= 15 is 0 Å². The van der Waals surface area contributed by atoms with Crippen LogP contribution in [0.2, 0.25) is 0 Å². The van der Waals surface area contributed by atoms with Gasteiger partial charge in [-0.2, -0.15) is 0 Å². The molecule has 3 heteroatoms. The van der Waals surface area contributed by atoms with Crippen LogP contribution in [-0.2, 0) is 0 Å². The average Bonchev–Trinajstić information content (AvgIpc) is 2.32. The molecule has 0 atom stereocenters. The van der Waals surface area contributed by atoms with Gasteiger partial charge in [0.15, 0.2) is 0 Å².